The first-order valence-corrected chi connectivity index (χ1v) is 7.91. The Morgan fingerprint density at radius 1 is 1.19 bits per heavy atom. The molecule has 6 heteroatoms. The van der Waals surface area contributed by atoms with Crippen LogP contribution in [-0.4, -0.2) is 20.1 Å². The minimum absolute atomic E-state index is 0.0567. The lowest BCUT2D eigenvalue weighted by Crippen LogP contribution is -2.26. The molecule has 2 rings (SSSR count). The lowest BCUT2D eigenvalue weighted by molar-refractivity contribution is 0.467. The monoisotopic (exact) mass is 309 g/mol. The average molecular weight is 309 g/mol. The third-order valence-electron chi connectivity index (χ3n) is 3.10. The highest BCUT2D eigenvalue weighted by molar-refractivity contribution is 7.89. The summed E-state index contributed by atoms with van der Waals surface area (Å²) >= 11 is 0. The van der Waals surface area contributed by atoms with E-state index in [1.54, 1.807) is 31.2 Å². The fraction of sp³-hybridized carbons (Fsp3) is 0.200. The minimum Gasteiger partial charge on any atom is -0.508 e. The van der Waals surface area contributed by atoms with Gasteiger partial charge in [-0.15, -0.1) is 0 Å². The number of phenols is 1. The molecule has 112 valence electrons. The number of halogens is 1. The van der Waals surface area contributed by atoms with E-state index in [1.807, 2.05) is 0 Å². The third-order valence-corrected chi connectivity index (χ3v) is 4.73. The maximum absolute atomic E-state index is 13.0. The molecule has 2 N–H and O–H groups in total. The summed E-state index contributed by atoms with van der Waals surface area (Å²) in [5.74, 6) is -0.338. The Labute approximate surface area is 123 Å². The quantitative estimate of drug-likeness (QED) is 0.891. The Hall–Kier alpha value is -1.92. The van der Waals surface area contributed by atoms with Gasteiger partial charge in [0.2, 0.25) is 10.0 Å². The first-order valence-electron chi connectivity index (χ1n) is 6.43. The number of aromatic hydroxyl groups is 1. The molecule has 0 fully saturated rings. The van der Waals surface area contributed by atoms with Gasteiger partial charge in [-0.05, 0) is 48.7 Å². The fourth-order valence-corrected chi connectivity index (χ4v) is 3.29. The molecule has 0 saturated heterocycles. The molecule has 0 radical (unpaired) electrons. The molecule has 2 aromatic rings. The maximum Gasteiger partial charge on any atom is 0.240 e. The van der Waals surface area contributed by atoms with Crippen molar-refractivity contribution in [2.24, 2.45) is 0 Å². The molecule has 0 amide bonds. The summed E-state index contributed by atoms with van der Waals surface area (Å²) in [6.45, 7) is 1.69. The number of rotatable bonds is 5. The van der Waals surface area contributed by atoms with E-state index >= 15 is 0 Å². The summed E-state index contributed by atoms with van der Waals surface area (Å²) in [6, 6.07) is 10.3. The minimum atomic E-state index is -3.69. The molecule has 0 aliphatic rings. The van der Waals surface area contributed by atoms with Crippen LogP contribution in [0.5, 0.6) is 5.75 Å². The molecule has 4 nitrogen and oxygen atoms in total. The van der Waals surface area contributed by atoms with Crippen LogP contribution in [0, 0.1) is 12.7 Å². The predicted octanol–water partition coefficient (Wildman–Crippen LogP) is 2.36. The standard InChI is InChI=1S/C15H16FNO3S/c1-11-10-13(16)6-7-15(11)21(19,20)17-9-8-12-4-2-3-5-14(12)18/h2-7,10,17-18H,8-9H2,1H3. The van der Waals surface area contributed by atoms with Crippen molar-refractivity contribution >= 4 is 10.0 Å². The molecule has 0 unspecified atom stereocenters. The van der Waals surface area contributed by atoms with Gasteiger partial charge in [0.15, 0.2) is 0 Å². The van der Waals surface area contributed by atoms with Crippen molar-refractivity contribution in [3.8, 4) is 5.75 Å². The summed E-state index contributed by atoms with van der Waals surface area (Å²) < 4.78 is 39.7. The van der Waals surface area contributed by atoms with E-state index in [2.05, 4.69) is 4.72 Å². The van der Waals surface area contributed by atoms with Gasteiger partial charge in [-0.1, -0.05) is 18.2 Å². The molecule has 0 spiro atoms. The molecule has 0 aliphatic carbocycles. The van der Waals surface area contributed by atoms with Crippen molar-refractivity contribution in [1.82, 2.24) is 4.72 Å². The van der Waals surface area contributed by atoms with Gasteiger partial charge in [0.05, 0.1) is 4.90 Å². The van der Waals surface area contributed by atoms with E-state index in [9.17, 15) is 17.9 Å². The van der Waals surface area contributed by atoms with Crippen LogP contribution in [0.15, 0.2) is 47.4 Å². The topological polar surface area (TPSA) is 66.4 Å². The molecule has 2 aromatic carbocycles. The van der Waals surface area contributed by atoms with Crippen molar-refractivity contribution in [3.63, 3.8) is 0 Å². The van der Waals surface area contributed by atoms with Crippen LogP contribution in [-0.2, 0) is 16.4 Å². The largest absolute Gasteiger partial charge is 0.508 e. The van der Waals surface area contributed by atoms with E-state index < -0.39 is 15.8 Å². The second kappa shape index (κ2) is 6.24. The van der Waals surface area contributed by atoms with Crippen LogP contribution in [0.25, 0.3) is 0 Å². The van der Waals surface area contributed by atoms with Gasteiger partial charge in [-0.2, -0.15) is 0 Å². The number of sulfonamides is 1. The van der Waals surface area contributed by atoms with Crippen LogP contribution < -0.4 is 4.72 Å². The van der Waals surface area contributed by atoms with Crippen molar-refractivity contribution < 1.29 is 17.9 Å². The van der Waals surface area contributed by atoms with Gasteiger partial charge in [0.1, 0.15) is 11.6 Å². The number of hydrogen-bond donors (Lipinski definition) is 2. The Morgan fingerprint density at radius 3 is 2.57 bits per heavy atom. The van der Waals surface area contributed by atoms with E-state index in [0.717, 1.165) is 6.07 Å². The Morgan fingerprint density at radius 2 is 1.90 bits per heavy atom. The SMILES string of the molecule is Cc1cc(F)ccc1S(=O)(=O)NCCc1ccccc1O. The van der Waals surface area contributed by atoms with Crippen molar-refractivity contribution in [2.75, 3.05) is 6.54 Å². The number of benzene rings is 2. The van der Waals surface area contributed by atoms with Gasteiger partial charge >= 0.3 is 0 Å². The lowest BCUT2D eigenvalue weighted by atomic mass is 10.1. The number of phenolic OH excluding ortho intramolecular Hbond substituents is 1. The summed E-state index contributed by atoms with van der Waals surface area (Å²) in [5.41, 5.74) is 1.01. The van der Waals surface area contributed by atoms with E-state index in [0.29, 0.717) is 17.5 Å². The summed E-state index contributed by atoms with van der Waals surface area (Å²) in [5, 5.41) is 9.61. The van der Waals surface area contributed by atoms with Gasteiger partial charge in [-0.3, -0.25) is 0 Å². The zero-order chi connectivity index (χ0) is 15.5. The number of hydrogen-bond acceptors (Lipinski definition) is 3. The lowest BCUT2D eigenvalue weighted by Gasteiger charge is -2.10. The van der Waals surface area contributed by atoms with E-state index in [-0.39, 0.29) is 17.2 Å². The highest BCUT2D eigenvalue weighted by Crippen LogP contribution is 2.17. The van der Waals surface area contributed by atoms with Crippen LogP contribution >= 0.6 is 0 Å². The van der Waals surface area contributed by atoms with Gasteiger partial charge in [0.25, 0.3) is 0 Å². The zero-order valence-electron chi connectivity index (χ0n) is 11.5. The van der Waals surface area contributed by atoms with Gasteiger partial charge in [-0.25, -0.2) is 17.5 Å². The predicted molar refractivity (Wildman–Crippen MR) is 78.1 cm³/mol. The Balaban J connectivity index is 2.07. The molecule has 0 aromatic heterocycles. The molecule has 0 saturated carbocycles. The Bertz CT molecular complexity index is 744. The first-order chi connectivity index (χ1) is 9.90. The Kier molecular flexibility index (Phi) is 4.59. The van der Waals surface area contributed by atoms with E-state index in [1.165, 1.54) is 12.1 Å². The molecule has 0 atom stereocenters. The molecular weight excluding hydrogens is 293 g/mol. The number of aryl methyl sites for hydroxylation is 1. The molecule has 0 aliphatic heterocycles. The highest BCUT2D eigenvalue weighted by Gasteiger charge is 2.16. The number of para-hydroxylation sites is 1. The van der Waals surface area contributed by atoms with Crippen LogP contribution in [0.4, 0.5) is 4.39 Å². The molecule has 0 heterocycles. The van der Waals surface area contributed by atoms with Crippen LogP contribution in [0.3, 0.4) is 0 Å². The van der Waals surface area contributed by atoms with Crippen LogP contribution in [0.2, 0.25) is 0 Å². The number of nitrogens with one attached hydrogen (secondary N) is 1. The molecule has 21 heavy (non-hydrogen) atoms. The zero-order valence-corrected chi connectivity index (χ0v) is 12.3. The van der Waals surface area contributed by atoms with Gasteiger partial charge in [0, 0.05) is 6.54 Å². The smallest absolute Gasteiger partial charge is 0.240 e. The molecule has 0 bridgehead atoms. The van der Waals surface area contributed by atoms with Gasteiger partial charge < -0.3 is 5.11 Å². The second-order valence-corrected chi connectivity index (χ2v) is 6.42. The third kappa shape index (κ3) is 3.80. The summed E-state index contributed by atoms with van der Waals surface area (Å²) in [6.07, 6.45) is 0.367. The second-order valence-electron chi connectivity index (χ2n) is 4.69. The summed E-state index contributed by atoms with van der Waals surface area (Å²) in [4.78, 5) is 0.0567. The van der Waals surface area contributed by atoms with Crippen molar-refractivity contribution in [3.05, 3.63) is 59.4 Å². The maximum atomic E-state index is 13.0. The molecular formula is C15H16FNO3S. The fourth-order valence-electron chi connectivity index (χ4n) is 2.03. The summed E-state index contributed by atoms with van der Waals surface area (Å²) in [7, 11) is -3.69. The normalized spacial score (nSPS) is 11.5. The average Bonchev–Trinajstić information content (AvgIpc) is 2.40. The van der Waals surface area contributed by atoms with E-state index in [4.69, 9.17) is 0 Å². The van der Waals surface area contributed by atoms with Crippen molar-refractivity contribution in [1.29, 1.82) is 0 Å². The van der Waals surface area contributed by atoms with Crippen molar-refractivity contribution in [2.45, 2.75) is 18.2 Å². The first kappa shape index (κ1) is 15.5. The highest BCUT2D eigenvalue weighted by atomic mass is 32.2. The van der Waals surface area contributed by atoms with Crippen LogP contribution in [0.1, 0.15) is 11.1 Å².